The average molecular weight is 387 g/mol. The Morgan fingerprint density at radius 1 is 1.12 bits per heavy atom. The lowest BCUT2D eigenvalue weighted by atomic mass is 9.88. The minimum atomic E-state index is -0.0623. The van der Waals surface area contributed by atoms with Gasteiger partial charge in [-0.05, 0) is 70.2 Å². The molecule has 1 atom stereocenters. The number of aromatic amines is 1. The zero-order valence-electron chi connectivity index (χ0n) is 14.9. The van der Waals surface area contributed by atoms with Crippen LogP contribution >= 0.6 is 24.8 Å². The first-order chi connectivity index (χ1) is 11.1. The van der Waals surface area contributed by atoms with Crippen LogP contribution in [0.4, 0.5) is 0 Å². The van der Waals surface area contributed by atoms with Crippen LogP contribution in [-0.4, -0.2) is 40.2 Å². The van der Waals surface area contributed by atoms with Crippen molar-refractivity contribution in [2.75, 3.05) is 19.7 Å². The van der Waals surface area contributed by atoms with E-state index in [2.05, 4.69) is 35.2 Å². The molecule has 0 unspecified atom stereocenters. The molecule has 2 aromatic heterocycles. The van der Waals surface area contributed by atoms with Gasteiger partial charge in [-0.25, -0.2) is 9.97 Å². The van der Waals surface area contributed by atoms with E-state index < -0.39 is 0 Å². The van der Waals surface area contributed by atoms with Crippen LogP contribution in [0.15, 0.2) is 12.3 Å². The molecule has 5 nitrogen and oxygen atoms in total. The summed E-state index contributed by atoms with van der Waals surface area (Å²) in [5, 5.41) is 3.44. The minimum Gasteiger partial charge on any atom is -0.376 e. The second-order valence-corrected chi connectivity index (χ2v) is 7.54. The van der Waals surface area contributed by atoms with Crippen molar-refractivity contribution in [3.05, 3.63) is 23.7 Å². The van der Waals surface area contributed by atoms with E-state index >= 15 is 0 Å². The SMILES string of the molecule is CC1(C)C[C@H](c2nc3nccc(C4CCNCC4)c3[nH]2)CCO1.Cl.Cl. The number of halogens is 2. The maximum absolute atomic E-state index is 5.85. The highest BCUT2D eigenvalue weighted by Gasteiger charge is 2.32. The van der Waals surface area contributed by atoms with Crippen LogP contribution in [0.1, 0.15) is 62.8 Å². The van der Waals surface area contributed by atoms with Crippen molar-refractivity contribution in [3.63, 3.8) is 0 Å². The Morgan fingerprint density at radius 2 is 1.88 bits per heavy atom. The Morgan fingerprint density at radius 3 is 2.60 bits per heavy atom. The van der Waals surface area contributed by atoms with Gasteiger partial charge in [-0.15, -0.1) is 24.8 Å². The van der Waals surface area contributed by atoms with Gasteiger partial charge in [0.05, 0.1) is 11.1 Å². The number of ether oxygens (including phenoxy) is 1. The number of imidazole rings is 1. The summed E-state index contributed by atoms with van der Waals surface area (Å²) in [6.45, 7) is 7.34. The third kappa shape index (κ3) is 4.27. The van der Waals surface area contributed by atoms with E-state index in [1.54, 1.807) is 0 Å². The van der Waals surface area contributed by atoms with Crippen molar-refractivity contribution in [1.82, 2.24) is 20.3 Å². The number of rotatable bonds is 2. The molecule has 2 aliphatic rings. The van der Waals surface area contributed by atoms with Gasteiger partial charge in [0, 0.05) is 18.7 Å². The molecule has 2 N–H and O–H groups in total. The number of H-pyrrole nitrogens is 1. The molecule has 0 aliphatic carbocycles. The van der Waals surface area contributed by atoms with Crippen LogP contribution < -0.4 is 5.32 Å². The molecule has 2 aromatic rings. The van der Waals surface area contributed by atoms with Crippen molar-refractivity contribution < 1.29 is 4.74 Å². The Kier molecular flexibility index (Phi) is 6.71. The van der Waals surface area contributed by atoms with E-state index in [1.165, 1.54) is 18.4 Å². The lowest BCUT2D eigenvalue weighted by Crippen LogP contribution is -2.33. The van der Waals surface area contributed by atoms with Crippen molar-refractivity contribution in [2.24, 2.45) is 0 Å². The van der Waals surface area contributed by atoms with Crippen molar-refractivity contribution >= 4 is 36.0 Å². The van der Waals surface area contributed by atoms with E-state index in [-0.39, 0.29) is 30.4 Å². The number of piperidine rings is 1. The monoisotopic (exact) mass is 386 g/mol. The van der Waals surface area contributed by atoms with Gasteiger partial charge >= 0.3 is 0 Å². The number of hydrogen-bond donors (Lipinski definition) is 2. The molecule has 0 saturated carbocycles. The van der Waals surface area contributed by atoms with Crippen LogP contribution in [0.2, 0.25) is 0 Å². The lowest BCUT2D eigenvalue weighted by Gasteiger charge is -2.34. The van der Waals surface area contributed by atoms with Crippen LogP contribution in [-0.2, 0) is 4.74 Å². The summed E-state index contributed by atoms with van der Waals surface area (Å²) in [4.78, 5) is 12.9. The smallest absolute Gasteiger partial charge is 0.177 e. The minimum absolute atomic E-state index is 0. The normalized spacial score (nSPS) is 23.7. The summed E-state index contributed by atoms with van der Waals surface area (Å²) in [6.07, 6.45) is 6.34. The molecule has 0 bridgehead atoms. The number of fused-ring (bicyclic) bond motifs is 1. The first kappa shape index (κ1) is 20.4. The molecule has 25 heavy (non-hydrogen) atoms. The van der Waals surface area contributed by atoms with Gasteiger partial charge < -0.3 is 15.0 Å². The van der Waals surface area contributed by atoms with Crippen LogP contribution in [0.3, 0.4) is 0 Å². The highest BCUT2D eigenvalue weighted by atomic mass is 35.5. The van der Waals surface area contributed by atoms with E-state index in [4.69, 9.17) is 9.72 Å². The Hall–Kier alpha value is -0.880. The summed E-state index contributed by atoms with van der Waals surface area (Å²) in [5.74, 6) is 2.14. The fraction of sp³-hybridized carbons (Fsp3) is 0.667. The standard InChI is InChI=1S/C18H26N4O.2ClH/c1-18(2)11-13(6-10-23-18)16-21-15-14(5-9-20-17(15)22-16)12-3-7-19-8-4-12;;/h5,9,12-13,19H,3-4,6-8,10-11H2,1-2H3,(H,20,21,22);2*1H/t13-;;/m1../s1. The zero-order chi connectivity index (χ0) is 15.9. The molecule has 0 aromatic carbocycles. The quantitative estimate of drug-likeness (QED) is 0.819. The number of aromatic nitrogens is 3. The van der Waals surface area contributed by atoms with Gasteiger partial charge in [-0.2, -0.15) is 0 Å². The van der Waals surface area contributed by atoms with Crippen LogP contribution in [0, 0.1) is 0 Å². The number of nitrogens with zero attached hydrogens (tertiary/aromatic N) is 2. The second kappa shape index (κ2) is 8.21. The van der Waals surface area contributed by atoms with Crippen molar-refractivity contribution in [2.45, 2.75) is 57.0 Å². The maximum Gasteiger partial charge on any atom is 0.177 e. The second-order valence-electron chi connectivity index (χ2n) is 7.54. The van der Waals surface area contributed by atoms with Gasteiger partial charge in [-0.1, -0.05) is 0 Å². The van der Waals surface area contributed by atoms with E-state index in [9.17, 15) is 0 Å². The van der Waals surface area contributed by atoms with Gasteiger partial charge in [0.25, 0.3) is 0 Å². The molecule has 2 fully saturated rings. The first-order valence-electron chi connectivity index (χ1n) is 8.81. The van der Waals surface area contributed by atoms with Gasteiger partial charge in [0.1, 0.15) is 5.82 Å². The highest BCUT2D eigenvalue weighted by molar-refractivity contribution is 5.85. The largest absolute Gasteiger partial charge is 0.376 e. The lowest BCUT2D eigenvalue weighted by molar-refractivity contribution is -0.0602. The Balaban J connectivity index is 0.00000113. The van der Waals surface area contributed by atoms with E-state index in [1.807, 2.05) is 6.20 Å². The fourth-order valence-corrected chi connectivity index (χ4v) is 4.08. The van der Waals surface area contributed by atoms with Gasteiger partial charge in [0.2, 0.25) is 0 Å². The van der Waals surface area contributed by atoms with Gasteiger partial charge in [0.15, 0.2) is 5.65 Å². The summed E-state index contributed by atoms with van der Waals surface area (Å²) in [6, 6.07) is 2.17. The summed E-state index contributed by atoms with van der Waals surface area (Å²) < 4.78 is 5.85. The molecule has 2 aliphatic heterocycles. The maximum atomic E-state index is 5.85. The summed E-state index contributed by atoms with van der Waals surface area (Å²) in [5.41, 5.74) is 3.35. The molecule has 7 heteroatoms. The fourth-order valence-electron chi connectivity index (χ4n) is 4.08. The molecule has 140 valence electrons. The van der Waals surface area contributed by atoms with Gasteiger partial charge in [-0.3, -0.25) is 0 Å². The third-order valence-corrected chi connectivity index (χ3v) is 5.31. The average Bonchev–Trinajstić information content (AvgIpc) is 2.99. The Bertz CT molecular complexity index is 697. The molecule has 4 heterocycles. The molecule has 4 rings (SSSR count). The van der Waals surface area contributed by atoms with E-state index in [0.29, 0.717) is 11.8 Å². The van der Waals surface area contributed by atoms with Crippen LogP contribution in [0.5, 0.6) is 0 Å². The Labute approximate surface area is 161 Å². The van der Waals surface area contributed by atoms with E-state index in [0.717, 1.165) is 49.5 Å². The molecule has 0 spiro atoms. The summed E-state index contributed by atoms with van der Waals surface area (Å²) >= 11 is 0. The third-order valence-electron chi connectivity index (χ3n) is 5.31. The molecule has 2 saturated heterocycles. The predicted octanol–water partition coefficient (Wildman–Crippen LogP) is 3.94. The first-order valence-corrected chi connectivity index (χ1v) is 8.81. The predicted molar refractivity (Wildman–Crippen MR) is 105 cm³/mol. The van der Waals surface area contributed by atoms with Crippen molar-refractivity contribution in [3.8, 4) is 0 Å². The molecular formula is C18H28Cl2N4O. The highest BCUT2D eigenvalue weighted by Crippen LogP contribution is 2.36. The topological polar surface area (TPSA) is 62.8 Å². The number of nitrogens with one attached hydrogen (secondary N) is 2. The van der Waals surface area contributed by atoms with Crippen LogP contribution in [0.25, 0.3) is 11.2 Å². The number of pyridine rings is 1. The molecular weight excluding hydrogens is 359 g/mol. The molecule has 0 radical (unpaired) electrons. The molecule has 0 amide bonds. The summed E-state index contributed by atoms with van der Waals surface area (Å²) in [7, 11) is 0. The zero-order valence-corrected chi connectivity index (χ0v) is 16.5. The van der Waals surface area contributed by atoms with Crippen molar-refractivity contribution in [1.29, 1.82) is 0 Å². The number of hydrogen-bond acceptors (Lipinski definition) is 4.